The van der Waals surface area contributed by atoms with Crippen LogP contribution in [0.5, 0.6) is 0 Å². The topological polar surface area (TPSA) is 181 Å². The summed E-state index contributed by atoms with van der Waals surface area (Å²) in [4.78, 5) is 73.0. The van der Waals surface area contributed by atoms with Crippen LogP contribution in [0.4, 0.5) is 0 Å². The van der Waals surface area contributed by atoms with Gasteiger partial charge >= 0.3 is 11.9 Å². The maximum absolute atomic E-state index is 14.8. The van der Waals surface area contributed by atoms with Crippen molar-refractivity contribution in [1.82, 2.24) is 30.4 Å². The van der Waals surface area contributed by atoms with E-state index in [1.807, 2.05) is 121 Å². The quantitative estimate of drug-likeness (QED) is 0.0241. The fourth-order valence-corrected chi connectivity index (χ4v) is 8.02. The summed E-state index contributed by atoms with van der Waals surface area (Å²) in [6.45, 7) is 2.62. The molecule has 5 aromatic carbocycles. The summed E-state index contributed by atoms with van der Waals surface area (Å²) in [6.07, 6.45) is -3.42. The van der Waals surface area contributed by atoms with E-state index in [1.165, 1.54) is 11.8 Å². The summed E-state index contributed by atoms with van der Waals surface area (Å²) in [5.74, 6) is -5.93. The molecular formula is C49H46N6O9S. The number of allylic oxidation sites excluding steroid dienone is 1. The van der Waals surface area contributed by atoms with Crippen LogP contribution >= 0.6 is 11.8 Å². The minimum atomic E-state index is -2.36. The Labute approximate surface area is 379 Å². The van der Waals surface area contributed by atoms with E-state index < -0.39 is 66.2 Å². The lowest BCUT2D eigenvalue weighted by atomic mass is 9.92. The van der Waals surface area contributed by atoms with Crippen LogP contribution in [-0.4, -0.2) is 86.1 Å². The Morgan fingerprint density at radius 1 is 0.708 bits per heavy atom. The molecule has 1 saturated heterocycles. The maximum atomic E-state index is 14.8. The van der Waals surface area contributed by atoms with Gasteiger partial charge in [0.1, 0.15) is 12.3 Å². The molecule has 0 aliphatic carbocycles. The summed E-state index contributed by atoms with van der Waals surface area (Å²) in [5, 5.41) is 14.3. The predicted octanol–water partition coefficient (Wildman–Crippen LogP) is 6.26. The Kier molecular flexibility index (Phi) is 14.7. The zero-order valence-electron chi connectivity index (χ0n) is 36.0. The molecule has 1 aromatic heterocycles. The second kappa shape index (κ2) is 20.9. The number of nitrogens with one attached hydrogen (secondary N) is 1. The zero-order valence-corrected chi connectivity index (χ0v) is 36.8. The van der Waals surface area contributed by atoms with Crippen LogP contribution in [-0.2, 0) is 50.0 Å². The number of carbonyl (C=O) groups is 5. The van der Waals surface area contributed by atoms with Gasteiger partial charge in [0.25, 0.3) is 11.6 Å². The number of β-lactam (4-membered cyclic amide) rings is 1. The summed E-state index contributed by atoms with van der Waals surface area (Å²) in [5.41, 5.74) is 0.698. The summed E-state index contributed by atoms with van der Waals surface area (Å²) in [7, 11) is 2.79. The molecular weight excluding hydrogens is 849 g/mol. The number of methoxy groups -OCH3 is 1. The van der Waals surface area contributed by atoms with Gasteiger partial charge in [-0.1, -0.05) is 163 Å². The molecule has 2 heterocycles. The Morgan fingerprint density at radius 2 is 1.17 bits per heavy atom. The average Bonchev–Trinajstić information content (AvgIpc) is 3.76. The minimum Gasteiger partial charge on any atom is -0.452 e. The zero-order chi connectivity index (χ0) is 45.9. The van der Waals surface area contributed by atoms with Crippen molar-refractivity contribution in [2.45, 2.75) is 49.1 Å². The van der Waals surface area contributed by atoms with Gasteiger partial charge in [0.15, 0.2) is 30.1 Å². The molecule has 1 unspecified atom stereocenters. The van der Waals surface area contributed by atoms with Crippen LogP contribution in [0.1, 0.15) is 59.8 Å². The van der Waals surface area contributed by atoms with Crippen LogP contribution in [0, 0.1) is 0 Å². The molecule has 7 rings (SSSR count). The van der Waals surface area contributed by atoms with E-state index in [0.717, 1.165) is 16.7 Å². The monoisotopic (exact) mass is 894 g/mol. The predicted molar refractivity (Wildman–Crippen MR) is 238 cm³/mol. The van der Waals surface area contributed by atoms with Gasteiger partial charge in [-0.3, -0.25) is 24.1 Å². The van der Waals surface area contributed by atoms with Gasteiger partial charge in [-0.15, -0.1) is 5.10 Å². The van der Waals surface area contributed by atoms with E-state index in [9.17, 15) is 24.0 Å². The molecule has 15 nitrogen and oxygen atoms in total. The Balaban J connectivity index is 1.22. The van der Waals surface area contributed by atoms with Crippen LogP contribution in [0.15, 0.2) is 168 Å². The fraction of sp³-hybridized carbons (Fsp3) is 0.224. The lowest BCUT2D eigenvalue weighted by Gasteiger charge is -2.53. The number of hydrogen-bond donors (Lipinski definition) is 1. The van der Waals surface area contributed by atoms with E-state index >= 15 is 0 Å². The highest BCUT2D eigenvalue weighted by Crippen LogP contribution is 2.40. The van der Waals surface area contributed by atoms with Gasteiger partial charge in [0.05, 0.1) is 5.75 Å². The van der Waals surface area contributed by atoms with Gasteiger partial charge in [0, 0.05) is 14.2 Å². The smallest absolute Gasteiger partial charge is 0.356 e. The number of carbonyl (C=O) groups excluding carboxylic acids is 5. The van der Waals surface area contributed by atoms with Crippen molar-refractivity contribution in [1.29, 1.82) is 0 Å². The average molecular weight is 895 g/mol. The fourth-order valence-electron chi connectivity index (χ4n) is 7.33. The number of Topliss-reactive ketones (excluding diaryl/α,β-unsaturated/α-hetero) is 1. The Hall–Kier alpha value is -7.27. The molecule has 0 spiro atoms. The van der Waals surface area contributed by atoms with Crippen molar-refractivity contribution in [3.05, 3.63) is 191 Å². The van der Waals surface area contributed by atoms with E-state index in [2.05, 4.69) is 20.8 Å². The number of tetrazole rings is 1. The van der Waals surface area contributed by atoms with Gasteiger partial charge in [0.2, 0.25) is 11.1 Å². The van der Waals surface area contributed by atoms with Crippen LogP contribution in [0.3, 0.4) is 0 Å². The van der Waals surface area contributed by atoms with Gasteiger partial charge in [-0.25, -0.2) is 9.48 Å². The number of hydrogen-bond acceptors (Lipinski definition) is 13. The van der Waals surface area contributed by atoms with Crippen molar-refractivity contribution >= 4 is 41.3 Å². The molecule has 332 valence electrons. The number of aromatic nitrogens is 4. The standard InChI is InChI=1S/C49H46N6O9S/c1-32(2)40(45(59)64-42(36-26-16-8-17-27-36)37-28-18-9-19-29-37)55-46(60)49(61-4,47(55)62-30-38(56)31-65-48-51-52-53-54(48)3)50-43(57)39(33-20-10-5-11-21-33)44(58)63-41(34-22-12-6-13-23-34)35-24-14-7-15-25-35/h5-29,39,41-42,47H,30-31H2,1-4H3,(H,50,57)/t39?,47-,49+/m1/s1. The molecule has 1 N–H and O–H groups in total. The van der Waals surface area contributed by atoms with Gasteiger partial charge in [-0.05, 0) is 57.7 Å². The molecule has 1 aliphatic heterocycles. The third-order valence-corrected chi connectivity index (χ3v) is 11.6. The lowest BCUT2D eigenvalue weighted by Crippen LogP contribution is -2.82. The number of aryl methyl sites for hydroxylation is 1. The van der Waals surface area contributed by atoms with Crippen molar-refractivity contribution in [2.24, 2.45) is 7.05 Å². The highest BCUT2D eigenvalue weighted by molar-refractivity contribution is 7.99. The molecule has 6 aromatic rings. The Morgan fingerprint density at radius 3 is 1.60 bits per heavy atom. The van der Waals surface area contributed by atoms with E-state index in [1.54, 1.807) is 51.2 Å². The number of esters is 2. The first-order valence-corrected chi connectivity index (χ1v) is 21.5. The van der Waals surface area contributed by atoms with E-state index in [-0.39, 0.29) is 17.0 Å². The van der Waals surface area contributed by atoms with Crippen molar-refractivity contribution in [2.75, 3.05) is 19.5 Å². The Bertz CT molecular complexity index is 2550. The summed E-state index contributed by atoms with van der Waals surface area (Å²) >= 11 is 1.06. The molecule has 0 saturated carbocycles. The van der Waals surface area contributed by atoms with Crippen LogP contribution in [0.25, 0.3) is 0 Å². The second-order valence-electron chi connectivity index (χ2n) is 15.1. The van der Waals surface area contributed by atoms with Crippen LogP contribution in [0.2, 0.25) is 0 Å². The first-order chi connectivity index (χ1) is 31.5. The lowest BCUT2D eigenvalue weighted by molar-refractivity contribution is -0.254. The molecule has 0 bridgehead atoms. The van der Waals surface area contributed by atoms with Crippen molar-refractivity contribution < 1.29 is 42.9 Å². The number of thioether (sulfide) groups is 1. The highest BCUT2D eigenvalue weighted by Gasteiger charge is 2.67. The molecule has 1 fully saturated rings. The molecule has 65 heavy (non-hydrogen) atoms. The maximum Gasteiger partial charge on any atom is 0.356 e. The number of benzene rings is 5. The van der Waals surface area contributed by atoms with Gasteiger partial charge < -0.3 is 24.3 Å². The largest absolute Gasteiger partial charge is 0.452 e. The molecule has 0 radical (unpaired) electrons. The number of ether oxygens (including phenoxy) is 4. The molecule has 2 amide bonds. The number of rotatable bonds is 19. The number of nitrogens with zero attached hydrogens (tertiary/aromatic N) is 5. The summed E-state index contributed by atoms with van der Waals surface area (Å²) in [6, 6.07) is 44.6. The van der Waals surface area contributed by atoms with Crippen molar-refractivity contribution in [3.8, 4) is 0 Å². The number of ketones is 1. The molecule has 16 heteroatoms. The van der Waals surface area contributed by atoms with E-state index in [4.69, 9.17) is 18.9 Å². The highest BCUT2D eigenvalue weighted by atomic mass is 32.2. The first-order valence-electron chi connectivity index (χ1n) is 20.5. The number of likely N-dealkylation sites (tertiary alicyclic amines) is 1. The SMILES string of the molecule is CO[C@@]1(NC(=O)C(C(=O)OC(c2ccccc2)c2ccccc2)c2ccccc2)C(=O)N(C(C(=O)OC(c2ccccc2)c2ccccc2)=C(C)C)[C@@H]1OCC(=O)CSc1nnnn1C. The minimum absolute atomic E-state index is 0.124. The van der Waals surface area contributed by atoms with Crippen LogP contribution < -0.4 is 5.32 Å². The second-order valence-corrected chi connectivity index (χ2v) is 16.1. The van der Waals surface area contributed by atoms with E-state index in [0.29, 0.717) is 33.0 Å². The number of amides is 2. The summed E-state index contributed by atoms with van der Waals surface area (Å²) < 4.78 is 25.9. The third-order valence-electron chi connectivity index (χ3n) is 10.5. The first kappa shape index (κ1) is 45.7. The third kappa shape index (κ3) is 10.3. The molecule has 3 atom stereocenters. The normalized spacial score (nSPS) is 16.1. The molecule has 1 aliphatic rings. The van der Waals surface area contributed by atoms with Crippen molar-refractivity contribution in [3.63, 3.8) is 0 Å². The van der Waals surface area contributed by atoms with Gasteiger partial charge in [-0.2, -0.15) is 0 Å².